The van der Waals surface area contributed by atoms with Crippen molar-refractivity contribution in [3.8, 4) is 0 Å². The molecule has 1 N–H and O–H groups in total. The molecule has 8 heteroatoms. The topological polar surface area (TPSA) is 76.6 Å². The highest BCUT2D eigenvalue weighted by Gasteiger charge is 2.39. The average molecular weight is 352 g/mol. The maximum atomic E-state index is 12.3. The summed E-state index contributed by atoms with van der Waals surface area (Å²) in [6.45, 7) is 3.56. The third-order valence-electron chi connectivity index (χ3n) is 5.10. The molecule has 1 atom stereocenters. The maximum absolute atomic E-state index is 12.3. The largest absolute Gasteiger partial charge is 0.372 e. The van der Waals surface area contributed by atoms with Gasteiger partial charge in [-0.05, 0) is 25.7 Å². The van der Waals surface area contributed by atoms with Crippen molar-refractivity contribution in [3.05, 3.63) is 5.01 Å². The van der Waals surface area contributed by atoms with Crippen LogP contribution < -0.4 is 5.32 Å². The van der Waals surface area contributed by atoms with Gasteiger partial charge < -0.3 is 9.47 Å². The van der Waals surface area contributed by atoms with Crippen molar-refractivity contribution < 1.29 is 14.3 Å². The average Bonchev–Trinajstić information content (AvgIpc) is 3.28. The summed E-state index contributed by atoms with van der Waals surface area (Å²) in [5.41, 5.74) is -0.00571. The van der Waals surface area contributed by atoms with E-state index in [1.54, 1.807) is 0 Å². The van der Waals surface area contributed by atoms with E-state index in [2.05, 4.69) is 20.4 Å². The van der Waals surface area contributed by atoms with Crippen LogP contribution in [0.1, 0.15) is 49.6 Å². The van der Waals surface area contributed by atoms with Crippen molar-refractivity contribution in [2.75, 3.05) is 38.2 Å². The van der Waals surface area contributed by atoms with Gasteiger partial charge in [0.05, 0.1) is 18.8 Å². The molecule has 2 saturated heterocycles. The summed E-state index contributed by atoms with van der Waals surface area (Å²) in [4.78, 5) is 14.5. The fourth-order valence-corrected chi connectivity index (χ4v) is 4.77. The zero-order valence-corrected chi connectivity index (χ0v) is 14.6. The minimum atomic E-state index is -0.0277. The molecule has 2 aliphatic heterocycles. The summed E-state index contributed by atoms with van der Waals surface area (Å²) in [7, 11) is 0. The molecule has 1 spiro atoms. The molecule has 0 aromatic carbocycles. The summed E-state index contributed by atoms with van der Waals surface area (Å²) in [6, 6.07) is 0. The predicted molar refractivity (Wildman–Crippen MR) is 90.1 cm³/mol. The molecular formula is C16H24N4O3S. The Bertz CT molecular complexity index is 582. The molecule has 1 aliphatic carbocycles. The Morgan fingerprint density at radius 2 is 2.17 bits per heavy atom. The van der Waals surface area contributed by atoms with E-state index < -0.39 is 0 Å². The van der Waals surface area contributed by atoms with E-state index in [0.29, 0.717) is 11.7 Å². The van der Waals surface area contributed by atoms with E-state index in [4.69, 9.17) is 9.47 Å². The fourth-order valence-electron chi connectivity index (χ4n) is 3.93. The van der Waals surface area contributed by atoms with Crippen LogP contribution in [-0.2, 0) is 14.3 Å². The van der Waals surface area contributed by atoms with Crippen molar-refractivity contribution in [1.82, 2.24) is 15.1 Å². The molecule has 4 rings (SSSR count). The highest BCUT2D eigenvalue weighted by molar-refractivity contribution is 7.15. The zero-order chi connectivity index (χ0) is 16.4. The number of amides is 1. The number of ether oxygens (including phenoxy) is 2. The molecule has 0 unspecified atom stereocenters. The van der Waals surface area contributed by atoms with Crippen LogP contribution >= 0.6 is 11.3 Å². The van der Waals surface area contributed by atoms with Gasteiger partial charge in [0.15, 0.2) is 0 Å². The van der Waals surface area contributed by atoms with Crippen LogP contribution in [0.5, 0.6) is 0 Å². The number of morpholine rings is 1. The normalized spacial score (nSPS) is 26.9. The monoisotopic (exact) mass is 352 g/mol. The van der Waals surface area contributed by atoms with Gasteiger partial charge in [-0.1, -0.05) is 24.2 Å². The van der Waals surface area contributed by atoms with Crippen molar-refractivity contribution in [2.45, 2.75) is 50.2 Å². The number of anilines is 1. The number of carbonyl (C=O) groups is 1. The second-order valence-electron chi connectivity index (χ2n) is 6.94. The molecule has 3 heterocycles. The predicted octanol–water partition coefficient (Wildman–Crippen LogP) is 1.97. The van der Waals surface area contributed by atoms with Crippen LogP contribution in [-0.4, -0.2) is 59.5 Å². The number of aromatic nitrogens is 2. The molecule has 1 aromatic heterocycles. The van der Waals surface area contributed by atoms with E-state index in [0.717, 1.165) is 57.0 Å². The highest BCUT2D eigenvalue weighted by atomic mass is 32.1. The molecule has 3 aliphatic rings. The van der Waals surface area contributed by atoms with Gasteiger partial charge in [-0.25, -0.2) is 0 Å². The van der Waals surface area contributed by atoms with Crippen molar-refractivity contribution in [2.24, 2.45) is 0 Å². The minimum absolute atomic E-state index is 0.00571. The first-order valence-electron chi connectivity index (χ1n) is 8.84. The van der Waals surface area contributed by atoms with Crippen LogP contribution in [0.2, 0.25) is 0 Å². The number of hydrogen-bond donors (Lipinski definition) is 1. The Labute approximate surface area is 145 Å². The molecule has 1 amide bonds. The van der Waals surface area contributed by atoms with Crippen LogP contribution in [0.15, 0.2) is 0 Å². The van der Waals surface area contributed by atoms with Crippen molar-refractivity contribution in [3.63, 3.8) is 0 Å². The highest BCUT2D eigenvalue weighted by Crippen LogP contribution is 2.36. The molecule has 1 aromatic rings. The zero-order valence-electron chi connectivity index (χ0n) is 13.8. The van der Waals surface area contributed by atoms with Gasteiger partial charge in [0.25, 0.3) is 0 Å². The van der Waals surface area contributed by atoms with Crippen LogP contribution in [0.3, 0.4) is 0 Å². The van der Waals surface area contributed by atoms with Gasteiger partial charge in [-0.2, -0.15) is 0 Å². The van der Waals surface area contributed by atoms with Gasteiger partial charge in [-0.15, -0.1) is 10.2 Å². The lowest BCUT2D eigenvalue weighted by molar-refractivity contribution is -0.126. The first kappa shape index (κ1) is 16.4. The van der Waals surface area contributed by atoms with Gasteiger partial charge in [0.2, 0.25) is 11.0 Å². The molecule has 1 saturated carbocycles. The Hall–Kier alpha value is -1.09. The number of carbonyl (C=O) groups excluding carboxylic acids is 1. The number of nitrogens with one attached hydrogen (secondary N) is 1. The number of nitrogens with zero attached hydrogens (tertiary/aromatic N) is 3. The second-order valence-corrected chi connectivity index (χ2v) is 7.95. The van der Waals surface area contributed by atoms with Crippen LogP contribution in [0, 0.1) is 0 Å². The van der Waals surface area contributed by atoms with Crippen LogP contribution in [0.4, 0.5) is 5.13 Å². The molecular weight excluding hydrogens is 328 g/mol. The molecule has 132 valence electrons. The lowest BCUT2D eigenvalue weighted by Crippen LogP contribution is -2.52. The van der Waals surface area contributed by atoms with Crippen molar-refractivity contribution in [1.29, 1.82) is 0 Å². The lowest BCUT2D eigenvalue weighted by atomic mass is 10.00. The summed E-state index contributed by atoms with van der Waals surface area (Å²) in [6.07, 6.45) is 6.80. The Morgan fingerprint density at radius 3 is 2.96 bits per heavy atom. The van der Waals surface area contributed by atoms with E-state index in [1.807, 2.05) is 0 Å². The molecule has 0 bridgehead atoms. The summed E-state index contributed by atoms with van der Waals surface area (Å²) < 4.78 is 11.6. The van der Waals surface area contributed by atoms with Crippen molar-refractivity contribution >= 4 is 22.4 Å². The Kier molecular flexibility index (Phi) is 4.80. The summed E-state index contributed by atoms with van der Waals surface area (Å²) in [5.74, 6) is -0.0277. The maximum Gasteiger partial charge on any atom is 0.240 e. The smallest absolute Gasteiger partial charge is 0.240 e. The van der Waals surface area contributed by atoms with Crippen LogP contribution in [0.25, 0.3) is 0 Å². The summed E-state index contributed by atoms with van der Waals surface area (Å²) in [5, 5.41) is 12.5. The third-order valence-corrected chi connectivity index (χ3v) is 6.03. The van der Waals surface area contributed by atoms with Gasteiger partial charge in [0, 0.05) is 19.7 Å². The Balaban J connectivity index is 1.30. The third kappa shape index (κ3) is 3.61. The van der Waals surface area contributed by atoms with E-state index in [-0.39, 0.29) is 17.6 Å². The first-order valence-corrected chi connectivity index (χ1v) is 9.65. The molecule has 3 fully saturated rings. The second kappa shape index (κ2) is 7.03. The first-order chi connectivity index (χ1) is 11.7. The molecule has 7 nitrogen and oxygen atoms in total. The minimum Gasteiger partial charge on any atom is -0.372 e. The molecule has 0 radical (unpaired) electrons. The van der Waals surface area contributed by atoms with Gasteiger partial charge in [-0.3, -0.25) is 15.0 Å². The number of hydrogen-bond acceptors (Lipinski definition) is 7. The van der Waals surface area contributed by atoms with E-state index in [9.17, 15) is 4.79 Å². The van der Waals surface area contributed by atoms with Gasteiger partial charge in [0.1, 0.15) is 11.1 Å². The van der Waals surface area contributed by atoms with Gasteiger partial charge >= 0.3 is 0 Å². The van der Waals surface area contributed by atoms with E-state index >= 15 is 0 Å². The number of rotatable bonds is 4. The molecule has 24 heavy (non-hydrogen) atoms. The SMILES string of the molecule is O=C(CN1CCOC2(CCCC2)C1)Nc1nnc([C@@H]2CCCO2)s1. The van der Waals surface area contributed by atoms with E-state index in [1.165, 1.54) is 24.2 Å². The Morgan fingerprint density at radius 1 is 1.29 bits per heavy atom. The standard InChI is InChI=1S/C16H24N4O3S/c21-13(10-20-7-9-23-16(11-20)5-1-2-6-16)17-15-19-18-14(24-15)12-4-3-8-22-12/h12H,1-11H2,(H,17,19,21)/t12-/m0/s1. The quantitative estimate of drug-likeness (QED) is 0.893. The summed E-state index contributed by atoms with van der Waals surface area (Å²) >= 11 is 1.42. The fraction of sp³-hybridized carbons (Fsp3) is 0.812. The lowest BCUT2D eigenvalue weighted by Gasteiger charge is -2.40.